The van der Waals surface area contributed by atoms with Gasteiger partial charge in [0.05, 0.1) is 12.7 Å². The molecule has 1 atom stereocenters. The highest BCUT2D eigenvalue weighted by molar-refractivity contribution is 5.37. The molecule has 0 radical (unpaired) electrons. The van der Waals surface area contributed by atoms with E-state index >= 15 is 0 Å². The highest BCUT2D eigenvalue weighted by Crippen LogP contribution is 2.33. The lowest BCUT2D eigenvalue weighted by molar-refractivity contribution is -0.137. The number of alkyl halides is 3. The lowest BCUT2D eigenvalue weighted by Crippen LogP contribution is -2.10. The maximum Gasteiger partial charge on any atom is 0.416 e. The average molecular weight is 309 g/mol. The van der Waals surface area contributed by atoms with Crippen LogP contribution in [-0.4, -0.2) is 13.7 Å². The first-order chi connectivity index (χ1) is 10.5. The van der Waals surface area contributed by atoms with Gasteiger partial charge in [-0.2, -0.15) is 13.2 Å². The molecule has 2 nitrogen and oxygen atoms in total. The minimum atomic E-state index is -4.32. The van der Waals surface area contributed by atoms with Crippen molar-refractivity contribution in [3.05, 3.63) is 65.2 Å². The highest BCUT2D eigenvalue weighted by Gasteiger charge is 2.30. The van der Waals surface area contributed by atoms with Crippen LogP contribution in [0.2, 0.25) is 0 Å². The second-order valence-electron chi connectivity index (χ2n) is 5.02. The van der Waals surface area contributed by atoms with Crippen molar-refractivity contribution in [1.82, 2.24) is 0 Å². The third-order valence-corrected chi connectivity index (χ3v) is 3.61. The molecule has 0 amide bonds. The summed E-state index contributed by atoms with van der Waals surface area (Å²) in [6.45, 7) is 0.456. The van der Waals surface area contributed by atoms with Gasteiger partial charge >= 0.3 is 6.18 Å². The molecule has 0 heterocycles. The minimum Gasteiger partial charge on any atom is -0.497 e. The van der Waals surface area contributed by atoms with Crippen molar-refractivity contribution in [1.29, 1.82) is 0 Å². The monoisotopic (exact) mass is 309 g/mol. The van der Waals surface area contributed by atoms with Gasteiger partial charge in [-0.25, -0.2) is 0 Å². The Balaban J connectivity index is 2.30. The molecule has 2 aromatic carbocycles. The van der Waals surface area contributed by atoms with E-state index in [0.717, 1.165) is 29.0 Å². The van der Waals surface area contributed by atoms with Crippen molar-refractivity contribution >= 4 is 0 Å². The SMILES string of the molecule is COc1ccc(C(CCN)c2ccc(C(F)(F)F)cc2)cc1. The van der Waals surface area contributed by atoms with E-state index in [0.29, 0.717) is 13.0 Å². The van der Waals surface area contributed by atoms with E-state index in [4.69, 9.17) is 10.5 Å². The van der Waals surface area contributed by atoms with Gasteiger partial charge in [0.1, 0.15) is 5.75 Å². The fraction of sp³-hybridized carbons (Fsp3) is 0.294. The molecular weight excluding hydrogens is 291 g/mol. The van der Waals surface area contributed by atoms with Gasteiger partial charge in [-0.1, -0.05) is 24.3 Å². The maximum atomic E-state index is 12.6. The van der Waals surface area contributed by atoms with E-state index in [2.05, 4.69) is 0 Å². The molecule has 0 bridgehead atoms. The van der Waals surface area contributed by atoms with Crippen molar-refractivity contribution in [3.63, 3.8) is 0 Å². The van der Waals surface area contributed by atoms with Crippen LogP contribution in [0.25, 0.3) is 0 Å². The predicted molar refractivity (Wildman–Crippen MR) is 80.0 cm³/mol. The Morgan fingerprint density at radius 2 is 1.45 bits per heavy atom. The van der Waals surface area contributed by atoms with E-state index in [1.54, 1.807) is 7.11 Å². The Bertz CT molecular complexity index is 591. The van der Waals surface area contributed by atoms with Crippen LogP contribution in [-0.2, 0) is 6.18 Å². The Hall–Kier alpha value is -2.01. The van der Waals surface area contributed by atoms with E-state index in [1.165, 1.54) is 12.1 Å². The molecular formula is C17H18F3NO. The first kappa shape index (κ1) is 16.4. The number of benzene rings is 2. The normalized spacial score (nSPS) is 13.0. The van der Waals surface area contributed by atoms with Crippen molar-refractivity contribution in [2.45, 2.75) is 18.5 Å². The van der Waals surface area contributed by atoms with Crippen LogP contribution < -0.4 is 10.5 Å². The molecule has 0 saturated carbocycles. The van der Waals surface area contributed by atoms with Crippen LogP contribution in [0.4, 0.5) is 13.2 Å². The fourth-order valence-electron chi connectivity index (χ4n) is 2.43. The minimum absolute atomic E-state index is 0.0295. The second-order valence-corrected chi connectivity index (χ2v) is 5.02. The molecule has 0 fully saturated rings. The van der Waals surface area contributed by atoms with Gasteiger partial charge in [-0.05, 0) is 48.4 Å². The largest absolute Gasteiger partial charge is 0.497 e. The molecule has 1 unspecified atom stereocenters. The Kier molecular flexibility index (Phi) is 5.08. The van der Waals surface area contributed by atoms with Crippen molar-refractivity contribution < 1.29 is 17.9 Å². The smallest absolute Gasteiger partial charge is 0.416 e. The first-order valence-electron chi connectivity index (χ1n) is 6.97. The standard InChI is InChI=1S/C17H18F3NO/c1-22-15-8-4-13(5-9-15)16(10-11-21)12-2-6-14(7-3-12)17(18,19)20/h2-9,16H,10-11,21H2,1H3. The molecule has 0 aliphatic heterocycles. The summed E-state index contributed by atoms with van der Waals surface area (Å²) in [5.74, 6) is 0.709. The number of rotatable bonds is 5. The second kappa shape index (κ2) is 6.83. The fourth-order valence-corrected chi connectivity index (χ4v) is 2.43. The quantitative estimate of drug-likeness (QED) is 0.898. The summed E-state index contributed by atoms with van der Waals surface area (Å²) in [6, 6.07) is 12.8. The van der Waals surface area contributed by atoms with Gasteiger partial charge in [0.2, 0.25) is 0 Å². The van der Waals surface area contributed by atoms with Gasteiger partial charge in [0, 0.05) is 5.92 Å². The van der Waals surface area contributed by atoms with Crippen molar-refractivity contribution in [2.24, 2.45) is 5.73 Å². The maximum absolute atomic E-state index is 12.6. The third-order valence-electron chi connectivity index (χ3n) is 3.61. The summed E-state index contributed by atoms with van der Waals surface area (Å²) in [6.07, 6.45) is -3.65. The summed E-state index contributed by atoms with van der Waals surface area (Å²) in [7, 11) is 1.59. The van der Waals surface area contributed by atoms with Gasteiger partial charge < -0.3 is 10.5 Å². The zero-order valence-corrected chi connectivity index (χ0v) is 12.2. The zero-order chi connectivity index (χ0) is 16.2. The van der Waals surface area contributed by atoms with E-state index in [-0.39, 0.29) is 5.92 Å². The topological polar surface area (TPSA) is 35.2 Å². The number of methoxy groups -OCH3 is 1. The van der Waals surface area contributed by atoms with Gasteiger partial charge in [0.15, 0.2) is 0 Å². The van der Waals surface area contributed by atoms with E-state index < -0.39 is 11.7 Å². The molecule has 0 saturated heterocycles. The average Bonchev–Trinajstić information content (AvgIpc) is 2.52. The summed E-state index contributed by atoms with van der Waals surface area (Å²) in [5, 5.41) is 0. The molecule has 2 N–H and O–H groups in total. The molecule has 2 rings (SSSR count). The first-order valence-corrected chi connectivity index (χ1v) is 6.97. The molecule has 0 spiro atoms. The van der Waals surface area contributed by atoms with Gasteiger partial charge in [-0.3, -0.25) is 0 Å². The number of halogens is 3. The summed E-state index contributed by atoms with van der Waals surface area (Å²) < 4.78 is 43.0. The number of hydrogen-bond donors (Lipinski definition) is 1. The highest BCUT2D eigenvalue weighted by atomic mass is 19.4. The van der Waals surface area contributed by atoms with Gasteiger partial charge in [0.25, 0.3) is 0 Å². The number of nitrogens with two attached hydrogens (primary N) is 1. The van der Waals surface area contributed by atoms with Crippen LogP contribution in [0.3, 0.4) is 0 Å². The molecule has 22 heavy (non-hydrogen) atoms. The van der Waals surface area contributed by atoms with Crippen LogP contribution in [0.5, 0.6) is 5.75 Å². The summed E-state index contributed by atoms with van der Waals surface area (Å²) in [4.78, 5) is 0. The lowest BCUT2D eigenvalue weighted by Gasteiger charge is -2.18. The molecule has 2 aromatic rings. The summed E-state index contributed by atoms with van der Waals surface area (Å²) >= 11 is 0. The third kappa shape index (κ3) is 3.80. The van der Waals surface area contributed by atoms with Crippen molar-refractivity contribution in [2.75, 3.05) is 13.7 Å². The van der Waals surface area contributed by atoms with Crippen LogP contribution in [0.15, 0.2) is 48.5 Å². The lowest BCUT2D eigenvalue weighted by atomic mass is 9.88. The van der Waals surface area contributed by atoms with Crippen LogP contribution >= 0.6 is 0 Å². The van der Waals surface area contributed by atoms with Gasteiger partial charge in [-0.15, -0.1) is 0 Å². The van der Waals surface area contributed by atoms with Crippen LogP contribution in [0.1, 0.15) is 29.0 Å². The van der Waals surface area contributed by atoms with Crippen LogP contribution in [0, 0.1) is 0 Å². The van der Waals surface area contributed by atoms with Crippen molar-refractivity contribution in [3.8, 4) is 5.75 Å². The molecule has 118 valence electrons. The molecule has 0 aliphatic carbocycles. The molecule has 5 heteroatoms. The Morgan fingerprint density at radius 3 is 1.86 bits per heavy atom. The molecule has 0 aromatic heterocycles. The van der Waals surface area contributed by atoms with E-state index in [9.17, 15) is 13.2 Å². The molecule has 0 aliphatic rings. The number of ether oxygens (including phenoxy) is 1. The number of hydrogen-bond acceptors (Lipinski definition) is 2. The Labute approximate surface area is 127 Å². The predicted octanol–water partition coefficient (Wildman–Crippen LogP) is 4.19. The summed E-state index contributed by atoms with van der Waals surface area (Å²) in [5.41, 5.74) is 6.84. The van der Waals surface area contributed by atoms with E-state index in [1.807, 2.05) is 24.3 Å². The zero-order valence-electron chi connectivity index (χ0n) is 12.2. The Morgan fingerprint density at radius 1 is 0.955 bits per heavy atom.